The third kappa shape index (κ3) is 6.40. The largest absolute Gasteiger partial charge is 0.497 e. The lowest BCUT2D eigenvalue weighted by Gasteiger charge is -2.35. The Morgan fingerprint density at radius 3 is 2.59 bits per heavy atom. The van der Waals surface area contributed by atoms with Crippen LogP contribution in [0.1, 0.15) is 30.4 Å². The van der Waals surface area contributed by atoms with Gasteiger partial charge in [0.1, 0.15) is 12.4 Å². The number of nitrogens with zero attached hydrogens (tertiary/aromatic N) is 3. The lowest BCUT2D eigenvalue weighted by Crippen LogP contribution is -2.46. The van der Waals surface area contributed by atoms with E-state index in [9.17, 15) is 13.2 Å². The zero-order valence-corrected chi connectivity index (χ0v) is 22.6. The van der Waals surface area contributed by atoms with Crippen LogP contribution in [0.5, 0.6) is 5.75 Å². The second-order valence-corrected chi connectivity index (χ2v) is 11.2. The number of benzene rings is 1. The Kier molecular flexibility index (Phi) is 9.01. The number of amides is 1. The van der Waals surface area contributed by atoms with Crippen molar-refractivity contribution in [3.63, 3.8) is 0 Å². The molecule has 11 heteroatoms. The number of hydrogen-bond donors (Lipinski definition) is 1. The van der Waals surface area contributed by atoms with Crippen LogP contribution >= 0.6 is 0 Å². The highest BCUT2D eigenvalue weighted by Crippen LogP contribution is 2.32. The Bertz CT molecular complexity index is 1180. The van der Waals surface area contributed by atoms with E-state index in [4.69, 9.17) is 14.2 Å². The molecule has 3 heterocycles. The van der Waals surface area contributed by atoms with Crippen LogP contribution in [0.4, 0.5) is 11.5 Å². The first kappa shape index (κ1) is 27.3. The number of aromatic nitrogens is 1. The third-order valence-electron chi connectivity index (χ3n) is 6.72. The van der Waals surface area contributed by atoms with Crippen LogP contribution in [-0.4, -0.2) is 82.8 Å². The molecule has 2 fully saturated rings. The molecule has 1 atom stereocenters. The number of carbonyl (C=O) groups excluding carboxylic acids is 1. The van der Waals surface area contributed by atoms with Crippen molar-refractivity contribution in [3.8, 4) is 5.75 Å². The van der Waals surface area contributed by atoms with Crippen molar-refractivity contribution in [2.24, 2.45) is 0 Å². The summed E-state index contributed by atoms with van der Waals surface area (Å²) < 4.78 is 45.4. The summed E-state index contributed by atoms with van der Waals surface area (Å²) in [6, 6.07) is 6.72. The lowest BCUT2D eigenvalue weighted by molar-refractivity contribution is -0.121. The quantitative estimate of drug-likeness (QED) is 0.525. The van der Waals surface area contributed by atoms with Crippen molar-refractivity contribution >= 4 is 27.4 Å². The summed E-state index contributed by atoms with van der Waals surface area (Å²) >= 11 is 0. The van der Waals surface area contributed by atoms with Crippen LogP contribution in [0.25, 0.3) is 0 Å². The Labute approximate surface area is 219 Å². The molecule has 1 aromatic carbocycles. The van der Waals surface area contributed by atoms with Crippen LogP contribution in [0.2, 0.25) is 0 Å². The summed E-state index contributed by atoms with van der Waals surface area (Å²) in [5.41, 5.74) is 1.91. The first-order valence-corrected chi connectivity index (χ1v) is 14.1. The van der Waals surface area contributed by atoms with E-state index in [1.165, 1.54) is 4.31 Å². The number of hydrogen-bond acceptors (Lipinski definition) is 8. The number of rotatable bonds is 9. The van der Waals surface area contributed by atoms with Gasteiger partial charge in [0.25, 0.3) is 0 Å². The highest BCUT2D eigenvalue weighted by molar-refractivity contribution is 7.89. The number of piperidine rings is 1. The molecule has 1 aromatic heterocycles. The summed E-state index contributed by atoms with van der Waals surface area (Å²) in [5.74, 6) is 1.02. The van der Waals surface area contributed by atoms with Crippen LogP contribution in [0, 0.1) is 13.8 Å². The molecule has 1 N–H and O–H groups in total. The van der Waals surface area contributed by atoms with Gasteiger partial charge in [-0.25, -0.2) is 13.4 Å². The molecule has 37 heavy (non-hydrogen) atoms. The molecule has 10 nitrogen and oxygen atoms in total. The highest BCUT2D eigenvalue weighted by atomic mass is 32.2. The van der Waals surface area contributed by atoms with E-state index >= 15 is 0 Å². The molecule has 1 amide bonds. The topological polar surface area (TPSA) is 110 Å². The van der Waals surface area contributed by atoms with Gasteiger partial charge >= 0.3 is 0 Å². The van der Waals surface area contributed by atoms with E-state index in [1.807, 2.05) is 6.07 Å². The van der Waals surface area contributed by atoms with Crippen molar-refractivity contribution in [2.75, 3.05) is 63.4 Å². The van der Waals surface area contributed by atoms with Crippen molar-refractivity contribution in [1.29, 1.82) is 0 Å². The number of ether oxygens (including phenoxy) is 3. The molecule has 202 valence electrons. The van der Waals surface area contributed by atoms with Gasteiger partial charge in [-0.15, -0.1) is 0 Å². The molecule has 0 radical (unpaired) electrons. The summed E-state index contributed by atoms with van der Waals surface area (Å²) in [6.45, 7) is 6.59. The molecule has 2 aliphatic rings. The monoisotopic (exact) mass is 532 g/mol. The minimum atomic E-state index is -3.74. The zero-order chi connectivity index (χ0) is 26.4. The van der Waals surface area contributed by atoms with Gasteiger partial charge in [-0.3, -0.25) is 4.79 Å². The van der Waals surface area contributed by atoms with Gasteiger partial charge in [0.2, 0.25) is 15.9 Å². The number of morpholine rings is 1. The molecule has 0 aliphatic carbocycles. The number of nitrogens with one attached hydrogen (secondary N) is 1. The van der Waals surface area contributed by atoms with Crippen LogP contribution < -0.4 is 15.0 Å². The van der Waals surface area contributed by atoms with E-state index < -0.39 is 10.0 Å². The van der Waals surface area contributed by atoms with Crippen LogP contribution in [-0.2, 0) is 24.3 Å². The second kappa shape index (κ2) is 12.2. The first-order valence-electron chi connectivity index (χ1n) is 12.6. The van der Waals surface area contributed by atoms with E-state index in [0.29, 0.717) is 72.5 Å². The van der Waals surface area contributed by atoms with Crippen molar-refractivity contribution < 1.29 is 27.4 Å². The summed E-state index contributed by atoms with van der Waals surface area (Å²) in [4.78, 5) is 19.5. The molecular formula is C26H36N4O6S. The van der Waals surface area contributed by atoms with Gasteiger partial charge in [-0.2, -0.15) is 4.31 Å². The van der Waals surface area contributed by atoms with Gasteiger partial charge in [0.15, 0.2) is 5.82 Å². The average molecular weight is 533 g/mol. The first-order chi connectivity index (χ1) is 17.8. The van der Waals surface area contributed by atoms with Crippen molar-refractivity contribution in [2.45, 2.75) is 44.0 Å². The number of anilines is 2. The molecule has 1 unspecified atom stereocenters. The van der Waals surface area contributed by atoms with Crippen LogP contribution in [0.3, 0.4) is 0 Å². The minimum Gasteiger partial charge on any atom is -0.497 e. The van der Waals surface area contributed by atoms with Gasteiger partial charge in [0, 0.05) is 31.9 Å². The molecular weight excluding hydrogens is 496 g/mol. The highest BCUT2D eigenvalue weighted by Gasteiger charge is 2.35. The van der Waals surface area contributed by atoms with Gasteiger partial charge in [-0.1, -0.05) is 6.42 Å². The third-order valence-corrected chi connectivity index (χ3v) is 8.98. The number of aryl methyl sites for hydroxylation is 2. The second-order valence-electron chi connectivity index (χ2n) is 9.39. The zero-order valence-electron chi connectivity index (χ0n) is 21.7. The summed E-state index contributed by atoms with van der Waals surface area (Å²) in [5, 5.41) is 2.89. The Hall–Kier alpha value is -2.73. The number of sulfonamides is 1. The molecule has 2 aromatic rings. The molecule has 0 saturated carbocycles. The van der Waals surface area contributed by atoms with Gasteiger partial charge in [-0.05, 0) is 62.1 Å². The number of pyridine rings is 1. The predicted octanol–water partition coefficient (Wildman–Crippen LogP) is 2.74. The van der Waals surface area contributed by atoms with E-state index in [1.54, 1.807) is 45.4 Å². The minimum absolute atomic E-state index is 0.143. The maximum absolute atomic E-state index is 13.7. The molecule has 0 spiro atoms. The van der Waals surface area contributed by atoms with Crippen LogP contribution in [0.15, 0.2) is 35.4 Å². The molecule has 2 saturated heterocycles. The smallest absolute Gasteiger partial charge is 0.250 e. The SMILES string of the molecule is COc1cc(C)c(S(=O)(=O)N2CCCCC2COCC(=O)Nc2cccnc2N2CCOCC2)c(C)c1. The fourth-order valence-corrected chi connectivity index (χ4v) is 7.10. The Morgan fingerprint density at radius 2 is 1.89 bits per heavy atom. The fraction of sp³-hybridized carbons (Fsp3) is 0.538. The molecule has 2 aliphatic heterocycles. The maximum Gasteiger partial charge on any atom is 0.250 e. The van der Waals surface area contributed by atoms with Gasteiger partial charge < -0.3 is 24.4 Å². The molecule has 4 rings (SSSR count). The predicted molar refractivity (Wildman–Crippen MR) is 141 cm³/mol. The van der Waals surface area contributed by atoms with E-state index in [0.717, 1.165) is 12.8 Å². The van der Waals surface area contributed by atoms with Crippen molar-refractivity contribution in [3.05, 3.63) is 41.6 Å². The number of carbonyl (C=O) groups is 1. The molecule has 0 bridgehead atoms. The van der Waals surface area contributed by atoms with Gasteiger partial charge in [0.05, 0.1) is 37.5 Å². The number of methoxy groups -OCH3 is 1. The fourth-order valence-electron chi connectivity index (χ4n) is 5.01. The maximum atomic E-state index is 13.7. The Morgan fingerprint density at radius 1 is 1.16 bits per heavy atom. The standard InChI is InChI=1S/C26H36N4O6S/c1-19-15-22(34-3)16-20(2)25(19)37(32,33)30-10-5-4-7-21(30)17-36-18-24(31)28-23-8-6-9-27-26(23)29-11-13-35-14-12-29/h6,8-9,15-16,21H,4-5,7,10-14,17-18H2,1-3H3,(H,28,31). The Balaban J connectivity index is 1.39. The van der Waals surface area contributed by atoms with Crippen molar-refractivity contribution in [1.82, 2.24) is 9.29 Å². The van der Waals surface area contributed by atoms with E-state index in [2.05, 4.69) is 15.2 Å². The normalized spacial score (nSPS) is 19.0. The van der Waals surface area contributed by atoms with E-state index in [-0.39, 0.29) is 25.2 Å². The average Bonchev–Trinajstić information content (AvgIpc) is 2.89. The lowest BCUT2D eigenvalue weighted by atomic mass is 10.1. The summed E-state index contributed by atoms with van der Waals surface area (Å²) in [7, 11) is -2.18. The summed E-state index contributed by atoms with van der Waals surface area (Å²) in [6.07, 6.45) is 4.07.